The molecule has 1 atom stereocenters. The van der Waals surface area contributed by atoms with Crippen LogP contribution >= 0.6 is 0 Å². The summed E-state index contributed by atoms with van der Waals surface area (Å²) in [6.07, 6.45) is 9.56. The molecule has 2 amide bonds. The van der Waals surface area contributed by atoms with Crippen molar-refractivity contribution in [3.8, 4) is 5.75 Å². The standard InChI is InChI=1S/C28H32N4O3/c1-19(2)20-8-12-23(13-9-20)32(28(35)25-18-29-16-17-30-25)26(21-10-14-24(33)15-11-21)27(34)31-22-6-4-3-5-7-22/h8-19,22,26,33H,3-7H2,1-2H3,(H,31,34)/t26-/m1/s1. The van der Waals surface area contributed by atoms with Gasteiger partial charge in [-0.15, -0.1) is 0 Å². The van der Waals surface area contributed by atoms with Crippen LogP contribution in [0.1, 0.15) is 79.5 Å². The van der Waals surface area contributed by atoms with Crippen molar-refractivity contribution in [3.63, 3.8) is 0 Å². The summed E-state index contributed by atoms with van der Waals surface area (Å²) in [5.74, 6) is -0.260. The van der Waals surface area contributed by atoms with E-state index in [2.05, 4.69) is 29.1 Å². The quantitative estimate of drug-likeness (QED) is 0.496. The van der Waals surface area contributed by atoms with E-state index in [9.17, 15) is 14.7 Å². The molecule has 1 fully saturated rings. The molecule has 1 heterocycles. The molecule has 0 unspecified atom stereocenters. The van der Waals surface area contributed by atoms with Gasteiger partial charge >= 0.3 is 0 Å². The molecule has 3 aromatic rings. The van der Waals surface area contributed by atoms with E-state index in [1.165, 1.54) is 42.0 Å². The number of carbonyl (C=O) groups is 2. The van der Waals surface area contributed by atoms with Gasteiger partial charge in [0.25, 0.3) is 5.91 Å². The van der Waals surface area contributed by atoms with E-state index in [1.807, 2.05) is 24.3 Å². The van der Waals surface area contributed by atoms with Gasteiger partial charge in [-0.25, -0.2) is 4.98 Å². The summed E-state index contributed by atoms with van der Waals surface area (Å²) >= 11 is 0. The molecule has 1 saturated carbocycles. The molecule has 7 heteroatoms. The second-order valence-corrected chi connectivity index (χ2v) is 9.35. The Morgan fingerprint density at radius 2 is 1.60 bits per heavy atom. The van der Waals surface area contributed by atoms with Crippen molar-refractivity contribution in [2.45, 2.75) is 64.0 Å². The number of rotatable bonds is 7. The largest absolute Gasteiger partial charge is 0.508 e. The number of aromatic nitrogens is 2. The highest BCUT2D eigenvalue weighted by Crippen LogP contribution is 2.32. The lowest BCUT2D eigenvalue weighted by Gasteiger charge is -2.33. The molecule has 0 aliphatic heterocycles. The molecular weight excluding hydrogens is 440 g/mol. The SMILES string of the molecule is CC(C)c1ccc(N(C(=O)c2cnccn2)[C@@H](C(=O)NC2CCCCC2)c2ccc(O)cc2)cc1. The molecule has 1 aliphatic carbocycles. The highest BCUT2D eigenvalue weighted by molar-refractivity contribution is 6.09. The Morgan fingerprint density at radius 1 is 0.943 bits per heavy atom. The van der Waals surface area contributed by atoms with Crippen molar-refractivity contribution >= 4 is 17.5 Å². The summed E-state index contributed by atoms with van der Waals surface area (Å²) in [5.41, 5.74) is 2.46. The number of phenols is 1. The molecule has 35 heavy (non-hydrogen) atoms. The van der Waals surface area contributed by atoms with Crippen LogP contribution in [0.25, 0.3) is 0 Å². The topological polar surface area (TPSA) is 95.4 Å². The fourth-order valence-electron chi connectivity index (χ4n) is 4.54. The Kier molecular flexibility index (Phi) is 7.75. The van der Waals surface area contributed by atoms with Crippen molar-refractivity contribution in [2.24, 2.45) is 0 Å². The van der Waals surface area contributed by atoms with E-state index in [-0.39, 0.29) is 23.4 Å². The monoisotopic (exact) mass is 472 g/mol. The van der Waals surface area contributed by atoms with Gasteiger partial charge in [0.05, 0.1) is 6.20 Å². The number of benzene rings is 2. The minimum atomic E-state index is -0.947. The van der Waals surface area contributed by atoms with Crippen LogP contribution in [0.4, 0.5) is 5.69 Å². The van der Waals surface area contributed by atoms with E-state index in [4.69, 9.17) is 0 Å². The maximum Gasteiger partial charge on any atom is 0.279 e. The van der Waals surface area contributed by atoms with Crippen LogP contribution < -0.4 is 10.2 Å². The van der Waals surface area contributed by atoms with E-state index in [1.54, 1.807) is 12.1 Å². The maximum atomic E-state index is 13.8. The van der Waals surface area contributed by atoms with Crippen LogP contribution in [-0.2, 0) is 4.79 Å². The van der Waals surface area contributed by atoms with Crippen molar-refractivity contribution in [1.29, 1.82) is 0 Å². The number of nitrogens with one attached hydrogen (secondary N) is 1. The second kappa shape index (κ2) is 11.1. The van der Waals surface area contributed by atoms with Crippen LogP contribution in [0.3, 0.4) is 0 Å². The third-order valence-electron chi connectivity index (χ3n) is 6.51. The average Bonchev–Trinajstić information content (AvgIpc) is 2.88. The number of anilines is 1. The van der Waals surface area contributed by atoms with E-state index in [0.29, 0.717) is 17.2 Å². The molecule has 7 nitrogen and oxygen atoms in total. The molecule has 1 aromatic heterocycles. The first-order chi connectivity index (χ1) is 16.9. The molecule has 0 bridgehead atoms. The number of aromatic hydroxyl groups is 1. The molecule has 0 spiro atoms. The lowest BCUT2D eigenvalue weighted by molar-refractivity contribution is -0.123. The zero-order chi connectivity index (χ0) is 24.8. The summed E-state index contributed by atoms with van der Waals surface area (Å²) in [6, 6.07) is 13.2. The normalized spacial score (nSPS) is 14.9. The minimum Gasteiger partial charge on any atom is -0.508 e. The van der Waals surface area contributed by atoms with Gasteiger partial charge in [0, 0.05) is 24.1 Å². The van der Waals surface area contributed by atoms with Crippen molar-refractivity contribution in [2.75, 3.05) is 4.90 Å². The number of hydrogen-bond donors (Lipinski definition) is 2. The molecule has 2 aromatic carbocycles. The summed E-state index contributed by atoms with van der Waals surface area (Å²) in [4.78, 5) is 37.4. The zero-order valence-corrected chi connectivity index (χ0v) is 20.2. The van der Waals surface area contributed by atoms with Gasteiger partial charge in [0.15, 0.2) is 0 Å². The van der Waals surface area contributed by atoms with E-state index < -0.39 is 11.9 Å². The Bertz CT molecular complexity index is 1130. The summed E-state index contributed by atoms with van der Waals surface area (Å²) in [7, 11) is 0. The third kappa shape index (κ3) is 5.85. The van der Waals surface area contributed by atoms with Crippen molar-refractivity contribution in [3.05, 3.63) is 83.9 Å². The lowest BCUT2D eigenvalue weighted by atomic mass is 9.94. The Labute approximate surface area is 206 Å². The predicted molar refractivity (Wildman–Crippen MR) is 135 cm³/mol. The number of hydrogen-bond acceptors (Lipinski definition) is 5. The summed E-state index contributed by atoms with van der Waals surface area (Å²) < 4.78 is 0. The van der Waals surface area contributed by atoms with Gasteiger partial charge in [-0.3, -0.25) is 19.5 Å². The second-order valence-electron chi connectivity index (χ2n) is 9.35. The average molecular weight is 473 g/mol. The van der Waals surface area contributed by atoms with Gasteiger partial charge in [0.1, 0.15) is 17.5 Å². The van der Waals surface area contributed by atoms with Crippen LogP contribution in [0.5, 0.6) is 5.75 Å². The summed E-state index contributed by atoms with van der Waals surface area (Å²) in [5, 5.41) is 13.1. The van der Waals surface area contributed by atoms with Crippen LogP contribution in [-0.4, -0.2) is 32.9 Å². The van der Waals surface area contributed by atoms with Gasteiger partial charge < -0.3 is 10.4 Å². The number of nitrogens with zero attached hydrogens (tertiary/aromatic N) is 3. The fraction of sp³-hybridized carbons (Fsp3) is 0.357. The highest BCUT2D eigenvalue weighted by atomic mass is 16.3. The fourth-order valence-corrected chi connectivity index (χ4v) is 4.54. The van der Waals surface area contributed by atoms with Crippen LogP contribution in [0.2, 0.25) is 0 Å². The first-order valence-corrected chi connectivity index (χ1v) is 12.2. The van der Waals surface area contributed by atoms with E-state index in [0.717, 1.165) is 31.2 Å². The molecule has 182 valence electrons. The lowest BCUT2D eigenvalue weighted by Crippen LogP contribution is -2.47. The molecule has 0 saturated heterocycles. The van der Waals surface area contributed by atoms with E-state index >= 15 is 0 Å². The third-order valence-corrected chi connectivity index (χ3v) is 6.51. The highest BCUT2D eigenvalue weighted by Gasteiger charge is 2.35. The van der Waals surface area contributed by atoms with Gasteiger partial charge in [-0.05, 0) is 54.2 Å². The number of carbonyl (C=O) groups excluding carboxylic acids is 2. The Hall–Kier alpha value is -3.74. The minimum absolute atomic E-state index is 0.0765. The van der Waals surface area contributed by atoms with Crippen molar-refractivity contribution < 1.29 is 14.7 Å². The smallest absolute Gasteiger partial charge is 0.279 e. The number of amides is 2. The number of phenolic OH excluding ortho intramolecular Hbond substituents is 1. The molecule has 1 aliphatic rings. The Balaban J connectivity index is 1.79. The van der Waals surface area contributed by atoms with Gasteiger partial charge in [0.2, 0.25) is 5.91 Å². The van der Waals surface area contributed by atoms with Crippen LogP contribution in [0.15, 0.2) is 67.1 Å². The molecule has 2 N–H and O–H groups in total. The van der Waals surface area contributed by atoms with Crippen molar-refractivity contribution in [1.82, 2.24) is 15.3 Å². The zero-order valence-electron chi connectivity index (χ0n) is 20.2. The molecule has 4 rings (SSSR count). The molecular formula is C28H32N4O3. The summed E-state index contributed by atoms with van der Waals surface area (Å²) in [6.45, 7) is 4.21. The van der Waals surface area contributed by atoms with Gasteiger partial charge in [-0.1, -0.05) is 57.4 Å². The Morgan fingerprint density at radius 3 is 2.20 bits per heavy atom. The first kappa shape index (κ1) is 24.4. The van der Waals surface area contributed by atoms with Crippen LogP contribution in [0, 0.1) is 0 Å². The van der Waals surface area contributed by atoms with Gasteiger partial charge in [-0.2, -0.15) is 0 Å². The predicted octanol–water partition coefficient (Wildman–Crippen LogP) is 5.14. The molecule has 0 radical (unpaired) electrons. The first-order valence-electron chi connectivity index (χ1n) is 12.2. The maximum absolute atomic E-state index is 13.8.